The normalized spacial score (nSPS) is 9.76. The number of nitrogens with zero attached hydrogens (tertiary/aromatic N) is 26. The van der Waals surface area contributed by atoms with Gasteiger partial charge in [0.2, 0.25) is 82.3 Å². The zero-order valence-corrected chi connectivity index (χ0v) is 95.3. The first-order chi connectivity index (χ1) is 69.7. The van der Waals surface area contributed by atoms with Crippen LogP contribution in [0.25, 0.3) is 0 Å². The van der Waals surface area contributed by atoms with Crippen LogP contribution >= 0.6 is 0 Å². The zero-order chi connectivity index (χ0) is 110. The van der Waals surface area contributed by atoms with Crippen molar-refractivity contribution in [2.75, 3.05) is 0 Å². The van der Waals surface area contributed by atoms with Crippen LogP contribution in [0.4, 0.5) is 0 Å². The van der Waals surface area contributed by atoms with Crippen LogP contribution in [0, 0.1) is 0 Å². The average molecular weight is 2060 g/mol. The van der Waals surface area contributed by atoms with E-state index in [0.29, 0.717) is 0 Å². The van der Waals surface area contributed by atoms with E-state index in [1.54, 1.807) is 0 Å². The molecule has 0 amide bonds. The maximum atomic E-state index is 8.42. The minimum absolute atomic E-state index is 0. The summed E-state index contributed by atoms with van der Waals surface area (Å²) in [5.41, 5.74) is 0. The van der Waals surface area contributed by atoms with Crippen LogP contribution in [0.15, 0.2) is 243 Å². The Morgan fingerprint density at radius 2 is 0.190 bits per heavy atom. The molecule has 0 saturated heterocycles. The molecule has 0 aliphatic rings. The molecule has 0 aliphatic heterocycles. The molecule has 13 heterocycles. The third kappa shape index (κ3) is 96.1. The summed E-state index contributed by atoms with van der Waals surface area (Å²) in [4.78, 5) is 0. The summed E-state index contributed by atoms with van der Waals surface area (Å²) in [6, 6.07) is 0. The van der Waals surface area contributed by atoms with Gasteiger partial charge in [-0.2, -0.15) is 0 Å². The van der Waals surface area contributed by atoms with E-state index in [1.807, 2.05) is 91.6 Å². The number of halogens is 1. The highest BCUT2D eigenvalue weighted by Crippen LogP contribution is 2.02. The highest BCUT2D eigenvalue weighted by Gasteiger charge is 2.07. The second-order valence-electron chi connectivity index (χ2n) is 35.9. The van der Waals surface area contributed by atoms with Crippen molar-refractivity contribution in [3.63, 3.8) is 0 Å². The number of hydrogen-bond donors (Lipinski definition) is 0. The van der Waals surface area contributed by atoms with Crippen LogP contribution in [-0.4, -0.2) is 88.7 Å². The lowest BCUT2D eigenvalue weighted by Gasteiger charge is -2.35. The number of unbranched alkanes of at least 4 members (excludes halogenated alkanes) is 13. The summed E-state index contributed by atoms with van der Waals surface area (Å²) in [7, 11) is 14.9. The summed E-state index contributed by atoms with van der Waals surface area (Å²) in [5, 5.41) is 101. The van der Waals surface area contributed by atoms with Crippen molar-refractivity contribution in [2.45, 2.75) is 342 Å². The fraction of sp³-hybridized carbons (Fsp3) is 0.625. The lowest BCUT2D eigenvalue weighted by atomic mass is 10.3. The molecule has 0 unspecified atom stereocenters. The van der Waals surface area contributed by atoms with Crippen molar-refractivity contribution in [3.8, 4) is 0 Å². The minimum atomic E-state index is -2.92. The van der Waals surface area contributed by atoms with Crippen molar-refractivity contribution < 1.29 is 124 Å². The maximum absolute atomic E-state index is 8.42. The topological polar surface area (TPSA) is 391 Å². The standard InChI is InChI=1S/13C8H15N2.4BO3.FH/c13*1-3-4-5-10-7-6-9(2)8-10;4*2-1(3)4;/h13*6-8H,3-5H2,1-2H3;;;;;1H/q13*+1;4*-3;/p-1. The van der Waals surface area contributed by atoms with Gasteiger partial charge >= 0.3 is 0 Å². The Balaban J connectivity index is -0.000000489. The van der Waals surface area contributed by atoms with E-state index in [1.165, 1.54) is 167 Å². The Bertz CT molecular complexity index is 3830. The van der Waals surface area contributed by atoms with Crippen LogP contribution in [0.3, 0.4) is 0 Å². The molecule has 13 aromatic heterocycles. The molecule has 43 heteroatoms. The Morgan fingerprint density at radius 3 is 0.224 bits per heavy atom. The molecule has 13 aromatic rings. The second-order valence-corrected chi connectivity index (χ2v) is 35.9. The Morgan fingerprint density at radius 1 is 0.136 bits per heavy atom. The van der Waals surface area contributed by atoms with Gasteiger partial charge in [0.15, 0.2) is 0 Å². The molecule has 38 nitrogen and oxygen atoms in total. The quantitative estimate of drug-likeness (QED) is 0.0261. The van der Waals surface area contributed by atoms with Gasteiger partial charge in [-0.25, -0.2) is 119 Å². The van der Waals surface area contributed by atoms with Gasteiger partial charge in [-0.3, -0.25) is 29.3 Å². The molecule has 147 heavy (non-hydrogen) atoms. The van der Waals surface area contributed by atoms with Crippen molar-refractivity contribution in [1.29, 1.82) is 0 Å². The molecular weight excluding hydrogens is 1870 g/mol. The first-order valence-electron chi connectivity index (χ1n) is 52.7. The maximum Gasteiger partial charge on any atom is 0.243 e. The molecule has 0 N–H and O–H groups in total. The predicted octanol–water partition coefficient (Wildman–Crippen LogP) is -4.32. The Labute approximate surface area is 885 Å². The van der Waals surface area contributed by atoms with Crippen molar-refractivity contribution >= 4 is 29.3 Å². The molecule has 0 bridgehead atoms. The van der Waals surface area contributed by atoms with Crippen LogP contribution in [0.1, 0.15) is 257 Å². The third-order valence-electron chi connectivity index (χ3n) is 20.7. The highest BCUT2D eigenvalue weighted by atomic mass is 19.0. The first-order valence-corrected chi connectivity index (χ1v) is 52.7. The van der Waals surface area contributed by atoms with Gasteiger partial charge in [0.1, 0.15) is 161 Å². The molecule has 0 saturated carbocycles. The van der Waals surface area contributed by atoms with Crippen molar-refractivity contribution in [3.05, 3.63) is 243 Å². The smallest absolute Gasteiger partial charge is 0.243 e. The van der Waals surface area contributed by atoms with E-state index in [4.69, 9.17) is 60.3 Å². The van der Waals surface area contributed by atoms with E-state index in [-0.39, 0.29) is 4.70 Å². The number of aromatic nitrogens is 26. The minimum Gasteiger partial charge on any atom is -1.00 e. The van der Waals surface area contributed by atoms with Gasteiger partial charge in [0.25, 0.3) is 0 Å². The largest absolute Gasteiger partial charge is 1.00 e. The number of rotatable bonds is 39. The van der Waals surface area contributed by atoms with Gasteiger partial charge in [-0.15, -0.1) is 0 Å². The third-order valence-corrected chi connectivity index (χ3v) is 20.7. The predicted molar refractivity (Wildman–Crippen MR) is 550 cm³/mol. The SMILES string of the molecule is CCCCn1cc[n+](C)c1.CCCCn1cc[n+](C)c1.CCCCn1cc[n+](C)c1.CCCCn1cc[n+](C)c1.CCCCn1cc[n+](C)c1.CCCCn1cc[n+](C)c1.CCCCn1cc[n+](C)c1.CCCCn1cc[n+](C)c1.CCCCn1cc[n+](C)c1.CCCCn1cc[n+](C)c1.CCCCn1cc[n+](C)c1.CCCCn1cc[n+](C)c1.CCCCn1cc[n+](C)c1.[F-].[O-]B([O-])[O-].[O-]B([O-])[O-].[O-]B([O-])[O-].[O-]B([O-])[O-]. The fourth-order valence-corrected chi connectivity index (χ4v) is 12.7. The van der Waals surface area contributed by atoms with E-state index in [2.05, 4.69) is 452 Å². The molecule has 0 aliphatic carbocycles. The molecule has 0 aromatic carbocycles. The summed E-state index contributed by atoms with van der Waals surface area (Å²) >= 11 is 0. The fourth-order valence-electron chi connectivity index (χ4n) is 12.7. The molecule has 13 rings (SSSR count). The average Bonchev–Trinajstić information content (AvgIpc) is 1.91. The summed E-state index contributed by atoms with van der Waals surface area (Å²) in [6.45, 7) is 43.7. The highest BCUT2D eigenvalue weighted by molar-refractivity contribution is 6.24. The molecule has 0 radical (unpaired) electrons. The summed E-state index contributed by atoms with van der Waals surface area (Å²) < 4.78 is 55.6. The number of aryl methyl sites for hydroxylation is 26. The summed E-state index contributed by atoms with van der Waals surface area (Å²) in [6.07, 6.45) is 115. The lowest BCUT2D eigenvalue weighted by Crippen LogP contribution is -3.00. The van der Waals surface area contributed by atoms with Gasteiger partial charge in [-0.1, -0.05) is 173 Å². The zero-order valence-electron chi connectivity index (χ0n) is 95.3. The van der Waals surface area contributed by atoms with E-state index >= 15 is 0 Å². The molecule has 832 valence electrons. The van der Waals surface area contributed by atoms with Crippen molar-refractivity contribution in [1.82, 2.24) is 59.4 Å². The summed E-state index contributed by atoms with van der Waals surface area (Å²) in [5.74, 6) is 0. The Hall–Kier alpha value is -10.6. The molecule has 0 fully saturated rings. The van der Waals surface area contributed by atoms with E-state index < -0.39 is 29.3 Å². The van der Waals surface area contributed by atoms with Gasteiger partial charge in [0, 0.05) is 0 Å². The second kappa shape index (κ2) is 98.8. The van der Waals surface area contributed by atoms with Gasteiger partial charge in [-0.05, 0) is 83.5 Å². The van der Waals surface area contributed by atoms with E-state index in [9.17, 15) is 0 Å². The lowest BCUT2D eigenvalue weighted by molar-refractivity contribution is -0.671. The number of hydrogen-bond acceptors (Lipinski definition) is 12. The Kier molecular flexibility index (Phi) is 97.3. The van der Waals surface area contributed by atoms with Crippen LogP contribution < -0.4 is 124 Å². The van der Waals surface area contributed by atoms with Crippen molar-refractivity contribution in [2.24, 2.45) is 91.6 Å². The van der Waals surface area contributed by atoms with Crippen LogP contribution in [-0.2, 0) is 177 Å². The number of imidazole rings is 13. The van der Waals surface area contributed by atoms with Gasteiger partial charge < -0.3 is 65.0 Å². The molecular formula is C104H195B4FN26O12. The molecule has 0 atom stereocenters. The monoisotopic (exact) mass is 2060 g/mol. The van der Waals surface area contributed by atoms with Crippen LogP contribution in [0.2, 0.25) is 0 Å². The molecule has 0 spiro atoms. The van der Waals surface area contributed by atoms with Gasteiger partial charge in [0.05, 0.1) is 177 Å². The van der Waals surface area contributed by atoms with Crippen LogP contribution in [0.5, 0.6) is 0 Å². The first kappa shape index (κ1) is 145. The van der Waals surface area contributed by atoms with E-state index in [0.717, 1.165) is 85.1 Å².